The minimum absolute atomic E-state index is 0.104. The minimum atomic E-state index is 0.104. The molecular weight excluding hydrogens is 358 g/mol. The Kier molecular flexibility index (Phi) is 6.94. The predicted octanol–water partition coefficient (Wildman–Crippen LogP) is 4.53. The van der Waals surface area contributed by atoms with Crippen LogP contribution < -0.4 is 0 Å². The zero-order valence-corrected chi connectivity index (χ0v) is 14.0. The topological polar surface area (TPSA) is 20.3 Å². The van der Waals surface area contributed by atoms with Gasteiger partial charge in [0.05, 0.1) is 6.04 Å². The fraction of sp³-hybridized carbons (Fsp3) is 0.500. The van der Waals surface area contributed by atoms with E-state index in [9.17, 15) is 4.79 Å². The molecule has 0 aliphatic heterocycles. The number of rotatable bonds is 6. The molecule has 1 atom stereocenters. The molecule has 0 radical (unpaired) electrons. The van der Waals surface area contributed by atoms with Gasteiger partial charge in [-0.05, 0) is 25.0 Å². The van der Waals surface area contributed by atoms with Crippen molar-refractivity contribution in [2.45, 2.75) is 32.7 Å². The number of halogens is 2. The SMILES string of the molecule is CCCN(C(=O)CCBr)C(C)c1ccccc1Br. The molecule has 0 saturated heterocycles. The third-order valence-electron chi connectivity index (χ3n) is 2.92. The lowest BCUT2D eigenvalue weighted by Crippen LogP contribution is -2.34. The Labute approximate surface area is 126 Å². The smallest absolute Gasteiger partial charge is 0.223 e. The molecule has 0 heterocycles. The standard InChI is InChI=1S/C14H19Br2NO/c1-3-10-17(14(18)8-9-15)11(2)12-6-4-5-7-13(12)16/h4-7,11H,3,8-10H2,1-2H3. The van der Waals surface area contributed by atoms with Crippen molar-refractivity contribution in [2.75, 3.05) is 11.9 Å². The second-order valence-electron chi connectivity index (χ2n) is 4.22. The molecule has 0 aliphatic rings. The van der Waals surface area contributed by atoms with Gasteiger partial charge in [0.25, 0.3) is 0 Å². The van der Waals surface area contributed by atoms with Crippen LogP contribution in [0.5, 0.6) is 0 Å². The molecule has 0 bridgehead atoms. The third kappa shape index (κ3) is 4.09. The Bertz CT molecular complexity index is 395. The fourth-order valence-electron chi connectivity index (χ4n) is 1.98. The Balaban J connectivity index is 2.92. The average Bonchev–Trinajstić information content (AvgIpc) is 2.36. The van der Waals surface area contributed by atoms with Gasteiger partial charge in [-0.1, -0.05) is 57.0 Å². The predicted molar refractivity (Wildman–Crippen MR) is 83.0 cm³/mol. The summed E-state index contributed by atoms with van der Waals surface area (Å²) >= 11 is 6.89. The molecule has 100 valence electrons. The summed E-state index contributed by atoms with van der Waals surface area (Å²) in [5.74, 6) is 0.206. The summed E-state index contributed by atoms with van der Waals surface area (Å²) in [5, 5.41) is 0.717. The van der Waals surface area contributed by atoms with Crippen molar-refractivity contribution in [1.29, 1.82) is 0 Å². The Morgan fingerprint density at radius 2 is 2.06 bits per heavy atom. The van der Waals surface area contributed by atoms with Crippen LogP contribution in [0.15, 0.2) is 28.7 Å². The number of nitrogens with zero attached hydrogens (tertiary/aromatic N) is 1. The van der Waals surface area contributed by atoms with E-state index in [-0.39, 0.29) is 11.9 Å². The molecule has 0 saturated carbocycles. The first-order chi connectivity index (χ1) is 8.61. The van der Waals surface area contributed by atoms with Gasteiger partial charge < -0.3 is 4.90 Å². The molecule has 1 unspecified atom stereocenters. The lowest BCUT2D eigenvalue weighted by Gasteiger charge is -2.30. The van der Waals surface area contributed by atoms with Crippen molar-refractivity contribution in [3.05, 3.63) is 34.3 Å². The largest absolute Gasteiger partial charge is 0.336 e. The van der Waals surface area contributed by atoms with Gasteiger partial charge in [-0.25, -0.2) is 0 Å². The van der Waals surface area contributed by atoms with Crippen LogP contribution in [0.1, 0.15) is 38.3 Å². The molecule has 0 spiro atoms. The number of benzene rings is 1. The van der Waals surface area contributed by atoms with E-state index >= 15 is 0 Å². The number of amides is 1. The lowest BCUT2D eigenvalue weighted by molar-refractivity contribution is -0.132. The van der Waals surface area contributed by atoms with Crippen molar-refractivity contribution in [3.8, 4) is 0 Å². The highest BCUT2D eigenvalue weighted by Gasteiger charge is 2.21. The first-order valence-electron chi connectivity index (χ1n) is 6.21. The molecule has 0 N–H and O–H groups in total. The summed E-state index contributed by atoms with van der Waals surface area (Å²) in [5.41, 5.74) is 1.16. The summed E-state index contributed by atoms with van der Waals surface area (Å²) < 4.78 is 1.06. The zero-order chi connectivity index (χ0) is 13.5. The lowest BCUT2D eigenvalue weighted by atomic mass is 10.1. The molecule has 2 nitrogen and oxygen atoms in total. The highest BCUT2D eigenvalue weighted by molar-refractivity contribution is 9.10. The van der Waals surface area contributed by atoms with Crippen molar-refractivity contribution in [1.82, 2.24) is 4.90 Å². The van der Waals surface area contributed by atoms with E-state index in [2.05, 4.69) is 51.8 Å². The van der Waals surface area contributed by atoms with Gasteiger partial charge >= 0.3 is 0 Å². The number of hydrogen-bond donors (Lipinski definition) is 0. The van der Waals surface area contributed by atoms with Crippen molar-refractivity contribution >= 4 is 37.8 Å². The van der Waals surface area contributed by atoms with E-state index in [1.807, 2.05) is 23.1 Å². The van der Waals surface area contributed by atoms with E-state index in [0.717, 1.165) is 23.0 Å². The Morgan fingerprint density at radius 1 is 1.39 bits per heavy atom. The second-order valence-corrected chi connectivity index (χ2v) is 5.87. The van der Waals surface area contributed by atoms with Gasteiger partial charge in [0.15, 0.2) is 0 Å². The normalized spacial score (nSPS) is 12.2. The van der Waals surface area contributed by atoms with Crippen LogP contribution in [0.4, 0.5) is 0 Å². The number of carbonyl (C=O) groups is 1. The second kappa shape index (κ2) is 7.95. The third-order valence-corrected chi connectivity index (χ3v) is 4.03. The number of carbonyl (C=O) groups excluding carboxylic acids is 1. The first-order valence-corrected chi connectivity index (χ1v) is 8.13. The molecule has 1 aromatic rings. The van der Waals surface area contributed by atoms with Crippen molar-refractivity contribution < 1.29 is 4.79 Å². The molecule has 4 heteroatoms. The monoisotopic (exact) mass is 375 g/mol. The highest BCUT2D eigenvalue weighted by atomic mass is 79.9. The highest BCUT2D eigenvalue weighted by Crippen LogP contribution is 2.28. The van der Waals surface area contributed by atoms with E-state index in [1.165, 1.54) is 0 Å². The van der Waals surface area contributed by atoms with Gasteiger partial charge in [0, 0.05) is 22.8 Å². The van der Waals surface area contributed by atoms with Crippen LogP contribution in [0, 0.1) is 0 Å². The molecule has 1 rings (SSSR count). The number of alkyl halides is 1. The molecule has 0 aliphatic carbocycles. The van der Waals surface area contributed by atoms with E-state index in [1.54, 1.807) is 0 Å². The Morgan fingerprint density at radius 3 is 2.61 bits per heavy atom. The van der Waals surface area contributed by atoms with E-state index in [0.29, 0.717) is 11.8 Å². The molecular formula is C14H19Br2NO. The molecule has 1 amide bonds. The van der Waals surface area contributed by atoms with Crippen LogP contribution in [0.25, 0.3) is 0 Å². The van der Waals surface area contributed by atoms with Crippen LogP contribution in [-0.2, 0) is 4.79 Å². The maximum Gasteiger partial charge on any atom is 0.223 e. The van der Waals surface area contributed by atoms with Gasteiger partial charge in [0.1, 0.15) is 0 Å². The molecule has 18 heavy (non-hydrogen) atoms. The van der Waals surface area contributed by atoms with Crippen LogP contribution in [0.2, 0.25) is 0 Å². The maximum absolute atomic E-state index is 12.1. The van der Waals surface area contributed by atoms with Gasteiger partial charge in [0.2, 0.25) is 5.91 Å². The molecule has 1 aromatic carbocycles. The summed E-state index contributed by atoms with van der Waals surface area (Å²) in [4.78, 5) is 14.1. The van der Waals surface area contributed by atoms with Crippen molar-refractivity contribution in [2.24, 2.45) is 0 Å². The van der Waals surface area contributed by atoms with Crippen LogP contribution in [-0.4, -0.2) is 22.7 Å². The average molecular weight is 377 g/mol. The first kappa shape index (κ1) is 15.7. The molecule has 0 fully saturated rings. The van der Waals surface area contributed by atoms with Gasteiger partial charge in [-0.2, -0.15) is 0 Å². The summed E-state index contributed by atoms with van der Waals surface area (Å²) in [6, 6.07) is 8.19. The summed E-state index contributed by atoms with van der Waals surface area (Å²) in [6.45, 7) is 4.98. The summed E-state index contributed by atoms with van der Waals surface area (Å²) in [7, 11) is 0. The van der Waals surface area contributed by atoms with E-state index < -0.39 is 0 Å². The fourth-order valence-corrected chi connectivity index (χ4v) is 2.94. The van der Waals surface area contributed by atoms with Gasteiger partial charge in [-0.3, -0.25) is 4.79 Å². The quantitative estimate of drug-likeness (QED) is 0.667. The van der Waals surface area contributed by atoms with Gasteiger partial charge in [-0.15, -0.1) is 0 Å². The molecule has 0 aromatic heterocycles. The Hall–Kier alpha value is -0.350. The zero-order valence-electron chi connectivity index (χ0n) is 10.8. The summed E-state index contributed by atoms with van der Waals surface area (Å²) in [6.07, 6.45) is 1.53. The maximum atomic E-state index is 12.1. The minimum Gasteiger partial charge on any atom is -0.336 e. The van der Waals surface area contributed by atoms with E-state index in [4.69, 9.17) is 0 Å². The van der Waals surface area contributed by atoms with Crippen molar-refractivity contribution in [3.63, 3.8) is 0 Å². The van der Waals surface area contributed by atoms with Crippen LogP contribution >= 0.6 is 31.9 Å². The number of hydrogen-bond acceptors (Lipinski definition) is 1. The van der Waals surface area contributed by atoms with Crippen LogP contribution in [0.3, 0.4) is 0 Å².